The number of aryl methyl sites for hydroxylation is 1. The molecular weight excluding hydrogens is 344 g/mol. The highest BCUT2D eigenvalue weighted by Gasteiger charge is 2.10. The third kappa shape index (κ3) is 3.23. The van der Waals surface area contributed by atoms with Gasteiger partial charge in [-0.2, -0.15) is 5.10 Å². The van der Waals surface area contributed by atoms with Crippen LogP contribution >= 0.6 is 15.9 Å². The Kier molecular flexibility index (Phi) is 4.02. The van der Waals surface area contributed by atoms with Crippen LogP contribution in [0.1, 0.15) is 16.1 Å². The largest absolute Gasteiger partial charge is 0.306 e. The van der Waals surface area contributed by atoms with Crippen LogP contribution in [0.4, 0.5) is 5.82 Å². The van der Waals surface area contributed by atoms with Crippen molar-refractivity contribution in [3.63, 3.8) is 0 Å². The summed E-state index contributed by atoms with van der Waals surface area (Å²) in [7, 11) is 0. The van der Waals surface area contributed by atoms with Crippen LogP contribution in [0.15, 0.2) is 59.3 Å². The van der Waals surface area contributed by atoms with E-state index in [1.54, 1.807) is 16.9 Å². The van der Waals surface area contributed by atoms with Gasteiger partial charge < -0.3 is 5.32 Å². The number of carbonyl (C=O) groups is 1. The first-order chi connectivity index (χ1) is 10.6. The normalized spacial score (nSPS) is 10.5. The first kappa shape index (κ1) is 14.5. The summed E-state index contributed by atoms with van der Waals surface area (Å²) in [6.07, 6.45) is 3.22. The number of nitrogens with one attached hydrogen (secondary N) is 1. The zero-order valence-electron chi connectivity index (χ0n) is 11.8. The number of benzene rings is 1. The molecule has 0 fully saturated rings. The fourth-order valence-electron chi connectivity index (χ4n) is 2.00. The standard InChI is InChI=1S/C16H13BrN4O/c1-11-4-2-7-15(19-11)20-16(22)12-9-18-21(10-12)14-6-3-5-13(17)8-14/h2-10H,1H3,(H,19,20,22). The lowest BCUT2D eigenvalue weighted by Crippen LogP contribution is -2.12. The van der Waals surface area contributed by atoms with Crippen LogP contribution in [0.25, 0.3) is 5.69 Å². The topological polar surface area (TPSA) is 59.8 Å². The molecule has 0 saturated heterocycles. The Morgan fingerprint density at radius 3 is 2.82 bits per heavy atom. The van der Waals surface area contributed by atoms with Crippen molar-refractivity contribution in [3.05, 3.63) is 70.6 Å². The van der Waals surface area contributed by atoms with Crippen molar-refractivity contribution in [2.24, 2.45) is 0 Å². The number of halogens is 1. The molecule has 6 heteroatoms. The molecular formula is C16H13BrN4O. The van der Waals surface area contributed by atoms with Gasteiger partial charge in [-0.1, -0.05) is 28.1 Å². The highest BCUT2D eigenvalue weighted by atomic mass is 79.9. The Labute approximate surface area is 136 Å². The lowest BCUT2D eigenvalue weighted by Gasteiger charge is -2.03. The van der Waals surface area contributed by atoms with Gasteiger partial charge in [-0.25, -0.2) is 9.67 Å². The van der Waals surface area contributed by atoms with E-state index in [4.69, 9.17) is 0 Å². The van der Waals surface area contributed by atoms with E-state index in [-0.39, 0.29) is 5.91 Å². The summed E-state index contributed by atoms with van der Waals surface area (Å²) >= 11 is 3.42. The zero-order valence-corrected chi connectivity index (χ0v) is 13.4. The monoisotopic (exact) mass is 356 g/mol. The van der Waals surface area contributed by atoms with Crippen LogP contribution in [0.5, 0.6) is 0 Å². The van der Waals surface area contributed by atoms with Crippen molar-refractivity contribution in [2.45, 2.75) is 6.92 Å². The fraction of sp³-hybridized carbons (Fsp3) is 0.0625. The summed E-state index contributed by atoms with van der Waals surface area (Å²) in [4.78, 5) is 16.5. The lowest BCUT2D eigenvalue weighted by atomic mass is 10.3. The van der Waals surface area contributed by atoms with Crippen LogP contribution < -0.4 is 5.32 Å². The summed E-state index contributed by atoms with van der Waals surface area (Å²) in [6.45, 7) is 1.88. The van der Waals surface area contributed by atoms with E-state index in [2.05, 4.69) is 31.3 Å². The van der Waals surface area contributed by atoms with Crippen LogP contribution in [0, 0.1) is 6.92 Å². The van der Waals surface area contributed by atoms with Gasteiger partial charge in [0.15, 0.2) is 0 Å². The maximum Gasteiger partial charge on any atom is 0.260 e. The minimum Gasteiger partial charge on any atom is -0.306 e. The lowest BCUT2D eigenvalue weighted by molar-refractivity contribution is 0.102. The molecule has 0 aliphatic rings. The van der Waals surface area contributed by atoms with Crippen molar-refractivity contribution in [1.29, 1.82) is 0 Å². The molecule has 0 atom stereocenters. The van der Waals surface area contributed by atoms with E-state index in [1.165, 1.54) is 6.20 Å². The molecule has 0 bridgehead atoms. The summed E-state index contributed by atoms with van der Waals surface area (Å²) in [5, 5.41) is 6.98. The van der Waals surface area contributed by atoms with Crippen LogP contribution in [-0.2, 0) is 0 Å². The molecule has 0 aliphatic carbocycles. The predicted octanol–water partition coefficient (Wildman–Crippen LogP) is 3.59. The molecule has 2 aromatic heterocycles. The van der Waals surface area contributed by atoms with Gasteiger partial charge in [0.2, 0.25) is 0 Å². The van der Waals surface area contributed by atoms with Crippen molar-refractivity contribution in [1.82, 2.24) is 14.8 Å². The first-order valence-corrected chi connectivity index (χ1v) is 7.47. The molecule has 22 heavy (non-hydrogen) atoms. The zero-order chi connectivity index (χ0) is 15.5. The van der Waals surface area contributed by atoms with E-state index in [9.17, 15) is 4.79 Å². The van der Waals surface area contributed by atoms with E-state index < -0.39 is 0 Å². The van der Waals surface area contributed by atoms with E-state index >= 15 is 0 Å². The Morgan fingerprint density at radius 1 is 1.23 bits per heavy atom. The molecule has 3 aromatic rings. The number of anilines is 1. The number of hydrogen-bond donors (Lipinski definition) is 1. The van der Waals surface area contributed by atoms with Gasteiger partial charge in [0.1, 0.15) is 5.82 Å². The van der Waals surface area contributed by atoms with Gasteiger partial charge in [0.05, 0.1) is 17.4 Å². The Morgan fingerprint density at radius 2 is 2.05 bits per heavy atom. The second kappa shape index (κ2) is 6.11. The van der Waals surface area contributed by atoms with Crippen LogP contribution in [0.2, 0.25) is 0 Å². The van der Waals surface area contributed by atoms with Gasteiger partial charge in [-0.15, -0.1) is 0 Å². The van der Waals surface area contributed by atoms with Crippen molar-refractivity contribution >= 4 is 27.7 Å². The minimum atomic E-state index is -0.237. The molecule has 110 valence electrons. The third-order valence-corrected chi connectivity index (χ3v) is 3.54. The van der Waals surface area contributed by atoms with Crippen molar-refractivity contribution in [2.75, 3.05) is 5.32 Å². The van der Waals surface area contributed by atoms with Crippen LogP contribution in [0.3, 0.4) is 0 Å². The third-order valence-electron chi connectivity index (χ3n) is 3.05. The molecule has 3 rings (SSSR count). The minimum absolute atomic E-state index is 0.237. The van der Waals surface area contributed by atoms with Gasteiger partial charge in [0.25, 0.3) is 5.91 Å². The molecule has 2 heterocycles. The first-order valence-electron chi connectivity index (χ1n) is 6.67. The van der Waals surface area contributed by atoms with Gasteiger partial charge in [-0.3, -0.25) is 4.79 Å². The molecule has 1 aromatic carbocycles. The molecule has 0 saturated carbocycles. The number of amides is 1. The Hall–Kier alpha value is -2.47. The molecule has 1 amide bonds. The predicted molar refractivity (Wildman–Crippen MR) is 88.2 cm³/mol. The van der Waals surface area contributed by atoms with Crippen molar-refractivity contribution < 1.29 is 4.79 Å². The summed E-state index contributed by atoms with van der Waals surface area (Å²) in [6, 6.07) is 13.2. The molecule has 0 unspecified atom stereocenters. The highest BCUT2D eigenvalue weighted by Crippen LogP contribution is 2.15. The number of aromatic nitrogens is 3. The summed E-state index contributed by atoms with van der Waals surface area (Å²) < 4.78 is 2.61. The maximum atomic E-state index is 12.2. The number of carbonyl (C=O) groups excluding carboxylic acids is 1. The second-order valence-electron chi connectivity index (χ2n) is 4.77. The summed E-state index contributed by atoms with van der Waals surface area (Å²) in [5.74, 6) is 0.291. The van der Waals surface area contributed by atoms with E-state index in [1.807, 2.05) is 43.3 Å². The van der Waals surface area contributed by atoms with Gasteiger partial charge in [-0.05, 0) is 37.3 Å². The molecule has 0 aliphatic heterocycles. The number of pyridine rings is 1. The molecule has 0 spiro atoms. The highest BCUT2D eigenvalue weighted by molar-refractivity contribution is 9.10. The molecule has 5 nitrogen and oxygen atoms in total. The Balaban J connectivity index is 1.80. The van der Waals surface area contributed by atoms with Crippen LogP contribution in [-0.4, -0.2) is 20.7 Å². The van der Waals surface area contributed by atoms with Gasteiger partial charge >= 0.3 is 0 Å². The number of rotatable bonds is 3. The average molecular weight is 357 g/mol. The maximum absolute atomic E-state index is 12.2. The van der Waals surface area contributed by atoms with E-state index in [0.29, 0.717) is 11.4 Å². The second-order valence-corrected chi connectivity index (χ2v) is 5.69. The SMILES string of the molecule is Cc1cccc(NC(=O)c2cnn(-c3cccc(Br)c3)c2)n1. The smallest absolute Gasteiger partial charge is 0.260 e. The fourth-order valence-corrected chi connectivity index (χ4v) is 2.39. The quantitative estimate of drug-likeness (QED) is 0.779. The number of nitrogens with zero attached hydrogens (tertiary/aromatic N) is 3. The van der Waals surface area contributed by atoms with Crippen molar-refractivity contribution in [3.8, 4) is 5.69 Å². The molecule has 1 N–H and O–H groups in total. The Bertz CT molecular complexity index is 828. The van der Waals surface area contributed by atoms with Gasteiger partial charge in [0, 0.05) is 16.4 Å². The molecule has 0 radical (unpaired) electrons. The number of hydrogen-bond acceptors (Lipinski definition) is 3. The summed E-state index contributed by atoms with van der Waals surface area (Å²) in [5.41, 5.74) is 2.20. The van der Waals surface area contributed by atoms with E-state index in [0.717, 1.165) is 15.9 Å². The average Bonchev–Trinajstić information content (AvgIpc) is 2.97.